The number of nitrogens with one attached hydrogen (secondary N) is 1. The van der Waals surface area contributed by atoms with Crippen LogP contribution in [0.2, 0.25) is 0 Å². The van der Waals surface area contributed by atoms with E-state index in [1.54, 1.807) is 0 Å². The van der Waals surface area contributed by atoms with Gasteiger partial charge in [0.1, 0.15) is 0 Å². The van der Waals surface area contributed by atoms with Crippen LogP contribution in [0.3, 0.4) is 0 Å². The fourth-order valence-electron chi connectivity index (χ4n) is 2.89. The second kappa shape index (κ2) is 7.05. The van der Waals surface area contributed by atoms with E-state index >= 15 is 0 Å². The van der Waals surface area contributed by atoms with E-state index in [0.717, 1.165) is 26.2 Å². The van der Waals surface area contributed by atoms with Crippen molar-refractivity contribution in [3.8, 4) is 0 Å². The van der Waals surface area contributed by atoms with Gasteiger partial charge in [-0.1, -0.05) is 20.8 Å². The van der Waals surface area contributed by atoms with Gasteiger partial charge in [-0.2, -0.15) is 0 Å². The van der Waals surface area contributed by atoms with E-state index in [9.17, 15) is 0 Å². The molecule has 0 bridgehead atoms. The van der Waals surface area contributed by atoms with Crippen LogP contribution in [0.25, 0.3) is 0 Å². The number of hydrogen-bond acceptors (Lipinski definition) is 3. The summed E-state index contributed by atoms with van der Waals surface area (Å²) >= 11 is 0. The van der Waals surface area contributed by atoms with Crippen molar-refractivity contribution in [2.75, 3.05) is 26.2 Å². The van der Waals surface area contributed by atoms with Crippen LogP contribution in [0.5, 0.6) is 0 Å². The highest BCUT2D eigenvalue weighted by Crippen LogP contribution is 2.23. The molecule has 19 heavy (non-hydrogen) atoms. The van der Waals surface area contributed by atoms with Crippen molar-refractivity contribution >= 4 is 0 Å². The standard InChI is InChI=1S/C16H34N2O/c1-7-14-12-17-16(8-2,9-3)13-18(14)10-11-19-15(4,5)6/h14,17H,7-13H2,1-6H3. The third-order valence-corrected chi connectivity index (χ3v) is 4.47. The number of rotatable bonds is 6. The first kappa shape index (κ1) is 16.9. The number of hydrogen-bond donors (Lipinski definition) is 1. The van der Waals surface area contributed by atoms with Gasteiger partial charge in [-0.25, -0.2) is 0 Å². The molecule has 0 amide bonds. The lowest BCUT2D eigenvalue weighted by Gasteiger charge is -2.47. The highest BCUT2D eigenvalue weighted by molar-refractivity contribution is 4.96. The van der Waals surface area contributed by atoms with Gasteiger partial charge in [0.05, 0.1) is 12.2 Å². The summed E-state index contributed by atoms with van der Waals surface area (Å²) < 4.78 is 5.90. The molecule has 0 aromatic rings. The first-order chi connectivity index (χ1) is 8.86. The summed E-state index contributed by atoms with van der Waals surface area (Å²) in [5.74, 6) is 0. The van der Waals surface area contributed by atoms with Crippen LogP contribution in [-0.2, 0) is 4.74 Å². The first-order valence-electron chi connectivity index (χ1n) is 7.99. The fourth-order valence-corrected chi connectivity index (χ4v) is 2.89. The maximum atomic E-state index is 5.90. The van der Waals surface area contributed by atoms with Crippen LogP contribution >= 0.6 is 0 Å². The zero-order chi connectivity index (χ0) is 14.5. The Labute approximate surface area is 120 Å². The molecule has 1 atom stereocenters. The Morgan fingerprint density at radius 1 is 1.21 bits per heavy atom. The molecule has 1 saturated heterocycles. The SMILES string of the molecule is CCC1CNC(CC)(CC)CN1CCOC(C)(C)C. The normalized spacial score (nSPS) is 24.6. The second-order valence-corrected chi connectivity index (χ2v) is 6.86. The van der Waals surface area contributed by atoms with Crippen LogP contribution in [-0.4, -0.2) is 48.3 Å². The number of nitrogens with zero attached hydrogens (tertiary/aromatic N) is 1. The van der Waals surface area contributed by atoms with Gasteiger partial charge in [0.15, 0.2) is 0 Å². The Balaban J connectivity index is 2.55. The van der Waals surface area contributed by atoms with E-state index in [1.165, 1.54) is 19.3 Å². The van der Waals surface area contributed by atoms with Gasteiger partial charge in [-0.05, 0) is 40.0 Å². The Kier molecular flexibility index (Phi) is 6.28. The quantitative estimate of drug-likeness (QED) is 0.803. The average Bonchev–Trinajstić information content (AvgIpc) is 2.37. The van der Waals surface area contributed by atoms with Crippen LogP contribution in [0.4, 0.5) is 0 Å². The minimum atomic E-state index is -0.0254. The molecular formula is C16H34N2O. The van der Waals surface area contributed by atoms with E-state index in [4.69, 9.17) is 4.74 Å². The molecule has 0 aromatic heterocycles. The minimum Gasteiger partial charge on any atom is -0.375 e. The summed E-state index contributed by atoms with van der Waals surface area (Å²) in [5.41, 5.74) is 0.287. The highest BCUT2D eigenvalue weighted by Gasteiger charge is 2.35. The maximum Gasteiger partial charge on any atom is 0.0600 e. The van der Waals surface area contributed by atoms with Gasteiger partial charge in [-0.3, -0.25) is 4.90 Å². The summed E-state index contributed by atoms with van der Waals surface area (Å²) in [6, 6.07) is 0.662. The van der Waals surface area contributed by atoms with Crippen molar-refractivity contribution in [2.24, 2.45) is 0 Å². The molecule has 0 saturated carbocycles. The lowest BCUT2D eigenvalue weighted by atomic mass is 9.88. The van der Waals surface area contributed by atoms with E-state index in [2.05, 4.69) is 51.8 Å². The fraction of sp³-hybridized carbons (Fsp3) is 1.00. The summed E-state index contributed by atoms with van der Waals surface area (Å²) in [4.78, 5) is 2.63. The predicted molar refractivity (Wildman–Crippen MR) is 82.7 cm³/mol. The van der Waals surface area contributed by atoms with Gasteiger partial charge < -0.3 is 10.1 Å². The molecule has 0 aromatic carbocycles. The number of ether oxygens (including phenoxy) is 1. The highest BCUT2D eigenvalue weighted by atomic mass is 16.5. The molecule has 1 N–H and O–H groups in total. The Bertz CT molecular complexity index is 256. The minimum absolute atomic E-state index is 0.0254. The zero-order valence-electron chi connectivity index (χ0n) is 13.9. The summed E-state index contributed by atoms with van der Waals surface area (Å²) in [6.07, 6.45) is 3.62. The lowest BCUT2D eigenvalue weighted by Crippen LogP contribution is -2.64. The van der Waals surface area contributed by atoms with E-state index in [1.807, 2.05) is 0 Å². The van der Waals surface area contributed by atoms with Crippen LogP contribution in [0.1, 0.15) is 60.8 Å². The Hall–Kier alpha value is -0.120. The first-order valence-corrected chi connectivity index (χ1v) is 7.99. The third kappa shape index (κ3) is 5.05. The molecule has 3 nitrogen and oxygen atoms in total. The predicted octanol–water partition coefficient (Wildman–Crippen LogP) is 3.04. The molecule has 0 aliphatic carbocycles. The van der Waals surface area contributed by atoms with Crippen molar-refractivity contribution in [1.29, 1.82) is 0 Å². The zero-order valence-corrected chi connectivity index (χ0v) is 13.9. The maximum absolute atomic E-state index is 5.90. The van der Waals surface area contributed by atoms with Crippen molar-refractivity contribution in [1.82, 2.24) is 10.2 Å². The molecule has 1 fully saturated rings. The molecule has 0 radical (unpaired) electrons. The summed E-state index contributed by atoms with van der Waals surface area (Å²) in [7, 11) is 0. The van der Waals surface area contributed by atoms with Crippen molar-refractivity contribution < 1.29 is 4.74 Å². The third-order valence-electron chi connectivity index (χ3n) is 4.47. The van der Waals surface area contributed by atoms with E-state index in [-0.39, 0.29) is 5.60 Å². The largest absolute Gasteiger partial charge is 0.375 e. The van der Waals surface area contributed by atoms with Crippen LogP contribution in [0.15, 0.2) is 0 Å². The van der Waals surface area contributed by atoms with Gasteiger partial charge >= 0.3 is 0 Å². The average molecular weight is 270 g/mol. The van der Waals surface area contributed by atoms with Gasteiger partial charge in [-0.15, -0.1) is 0 Å². The van der Waals surface area contributed by atoms with Gasteiger partial charge in [0.25, 0.3) is 0 Å². The molecule has 0 spiro atoms. The van der Waals surface area contributed by atoms with Crippen LogP contribution < -0.4 is 5.32 Å². The molecule has 1 aliphatic rings. The molecule has 114 valence electrons. The van der Waals surface area contributed by atoms with Gasteiger partial charge in [0, 0.05) is 31.2 Å². The smallest absolute Gasteiger partial charge is 0.0600 e. The van der Waals surface area contributed by atoms with Crippen LogP contribution in [0, 0.1) is 0 Å². The second-order valence-electron chi connectivity index (χ2n) is 6.86. The molecule has 1 aliphatic heterocycles. The molecule has 1 unspecified atom stereocenters. The van der Waals surface area contributed by atoms with Crippen molar-refractivity contribution in [2.45, 2.75) is 78.0 Å². The molecule has 3 heteroatoms. The lowest BCUT2D eigenvalue weighted by molar-refractivity contribution is -0.0287. The van der Waals surface area contributed by atoms with E-state index < -0.39 is 0 Å². The summed E-state index contributed by atoms with van der Waals surface area (Å²) in [6.45, 7) is 17.4. The van der Waals surface area contributed by atoms with E-state index in [0.29, 0.717) is 11.6 Å². The van der Waals surface area contributed by atoms with Gasteiger partial charge in [0.2, 0.25) is 0 Å². The Morgan fingerprint density at radius 3 is 2.32 bits per heavy atom. The number of piperazine rings is 1. The topological polar surface area (TPSA) is 24.5 Å². The summed E-state index contributed by atoms with van der Waals surface area (Å²) in [5, 5.41) is 3.79. The molecule has 1 rings (SSSR count). The Morgan fingerprint density at radius 2 is 1.84 bits per heavy atom. The molecule has 1 heterocycles. The molecular weight excluding hydrogens is 236 g/mol. The monoisotopic (exact) mass is 270 g/mol. The van der Waals surface area contributed by atoms with Crippen molar-refractivity contribution in [3.05, 3.63) is 0 Å². The van der Waals surface area contributed by atoms with Crippen molar-refractivity contribution in [3.63, 3.8) is 0 Å².